The zero-order valence-electron chi connectivity index (χ0n) is 19.2. The van der Waals surface area contributed by atoms with Crippen LogP contribution in [-0.4, -0.2) is 34.9 Å². The van der Waals surface area contributed by atoms with Crippen LogP contribution in [0.2, 0.25) is 0 Å². The van der Waals surface area contributed by atoms with Gasteiger partial charge in [-0.25, -0.2) is 4.79 Å². The number of nitrogens with zero attached hydrogens (tertiary/aromatic N) is 1. The normalized spacial score (nSPS) is 15.1. The number of para-hydroxylation sites is 1. The maximum absolute atomic E-state index is 13.3. The summed E-state index contributed by atoms with van der Waals surface area (Å²) in [7, 11) is 0. The number of hydrogen-bond donors (Lipinski definition) is 3. The Bertz CT molecular complexity index is 1310. The molecule has 6 heteroatoms. The molecule has 1 aliphatic heterocycles. The highest BCUT2D eigenvalue weighted by Gasteiger charge is 2.34. The van der Waals surface area contributed by atoms with E-state index in [9.17, 15) is 9.59 Å². The Morgan fingerprint density at radius 1 is 0.971 bits per heavy atom. The molecule has 0 aliphatic carbocycles. The summed E-state index contributed by atoms with van der Waals surface area (Å²) in [6.45, 7) is 2.61. The number of urea groups is 1. The number of aromatic amines is 1. The number of hydrogen-bond acceptors (Lipinski definition) is 2. The molecule has 0 radical (unpaired) electrons. The molecule has 1 aliphatic rings. The molecule has 172 valence electrons. The number of fused-ring (bicyclic) bond motifs is 3. The molecule has 1 atom stereocenters. The summed E-state index contributed by atoms with van der Waals surface area (Å²) in [6, 6.07) is 25.4. The van der Waals surface area contributed by atoms with Crippen molar-refractivity contribution in [3.8, 4) is 0 Å². The Kier molecular flexibility index (Phi) is 6.04. The number of carbonyl (C=O) groups excluding carboxylic acids is 2. The second-order valence-electron chi connectivity index (χ2n) is 8.57. The minimum atomic E-state index is -0.392. The van der Waals surface area contributed by atoms with Crippen molar-refractivity contribution in [2.45, 2.75) is 25.8 Å². The molecule has 1 aromatic heterocycles. The fourth-order valence-corrected chi connectivity index (χ4v) is 4.75. The number of nitrogens with one attached hydrogen (secondary N) is 3. The van der Waals surface area contributed by atoms with Crippen molar-refractivity contribution in [1.29, 1.82) is 0 Å². The Labute approximate surface area is 199 Å². The molecule has 2 heterocycles. The SMILES string of the molecule is CCc1ccc(NC(=O)NCC(=O)N2CCc3c([nH]c4ccccc34)C2c2ccccc2)cc1. The molecule has 4 aromatic rings. The van der Waals surface area contributed by atoms with Gasteiger partial charge in [-0.3, -0.25) is 4.79 Å². The summed E-state index contributed by atoms with van der Waals surface area (Å²) in [5, 5.41) is 6.73. The summed E-state index contributed by atoms with van der Waals surface area (Å²) in [6.07, 6.45) is 1.71. The molecule has 0 fully saturated rings. The predicted octanol–water partition coefficient (Wildman–Crippen LogP) is 5.03. The van der Waals surface area contributed by atoms with Crippen molar-refractivity contribution in [2.24, 2.45) is 0 Å². The van der Waals surface area contributed by atoms with E-state index in [2.05, 4.69) is 34.7 Å². The number of carbonyl (C=O) groups is 2. The van der Waals surface area contributed by atoms with Crippen LogP contribution in [0.5, 0.6) is 0 Å². The van der Waals surface area contributed by atoms with Crippen LogP contribution in [0.4, 0.5) is 10.5 Å². The number of benzene rings is 3. The summed E-state index contributed by atoms with van der Waals surface area (Å²) < 4.78 is 0. The van der Waals surface area contributed by atoms with E-state index < -0.39 is 6.03 Å². The lowest BCUT2D eigenvalue weighted by Crippen LogP contribution is -2.46. The molecule has 6 nitrogen and oxygen atoms in total. The molecule has 34 heavy (non-hydrogen) atoms. The first-order valence-corrected chi connectivity index (χ1v) is 11.7. The first-order chi connectivity index (χ1) is 16.6. The lowest BCUT2D eigenvalue weighted by atomic mass is 9.92. The maximum Gasteiger partial charge on any atom is 0.319 e. The van der Waals surface area contributed by atoms with Gasteiger partial charge in [0.15, 0.2) is 0 Å². The Balaban J connectivity index is 1.34. The smallest absolute Gasteiger partial charge is 0.319 e. The third kappa shape index (κ3) is 4.27. The van der Waals surface area contributed by atoms with E-state index in [4.69, 9.17) is 0 Å². The summed E-state index contributed by atoms with van der Waals surface area (Å²) in [4.78, 5) is 31.2. The third-order valence-electron chi connectivity index (χ3n) is 6.49. The molecule has 0 saturated heterocycles. The molecule has 3 amide bonds. The Morgan fingerprint density at radius 3 is 2.47 bits per heavy atom. The van der Waals surface area contributed by atoms with Gasteiger partial charge >= 0.3 is 6.03 Å². The molecule has 0 bridgehead atoms. The molecular weight excluding hydrogens is 424 g/mol. The fraction of sp³-hybridized carbons (Fsp3) is 0.214. The van der Waals surface area contributed by atoms with Crippen molar-refractivity contribution < 1.29 is 9.59 Å². The van der Waals surface area contributed by atoms with E-state index >= 15 is 0 Å². The first-order valence-electron chi connectivity index (χ1n) is 11.7. The summed E-state index contributed by atoms with van der Waals surface area (Å²) in [5.41, 5.74) is 6.33. The lowest BCUT2D eigenvalue weighted by molar-refractivity contribution is -0.132. The van der Waals surface area contributed by atoms with Gasteiger partial charge in [0.1, 0.15) is 0 Å². The van der Waals surface area contributed by atoms with Crippen LogP contribution >= 0.6 is 0 Å². The molecule has 3 aromatic carbocycles. The van der Waals surface area contributed by atoms with E-state index in [-0.39, 0.29) is 18.5 Å². The van der Waals surface area contributed by atoms with Crippen molar-refractivity contribution in [1.82, 2.24) is 15.2 Å². The highest BCUT2D eigenvalue weighted by Crippen LogP contribution is 2.38. The van der Waals surface area contributed by atoms with Crippen LogP contribution in [0.3, 0.4) is 0 Å². The van der Waals surface area contributed by atoms with Crippen molar-refractivity contribution in [2.75, 3.05) is 18.4 Å². The first kappa shape index (κ1) is 21.8. The van der Waals surface area contributed by atoms with Crippen LogP contribution in [0.25, 0.3) is 10.9 Å². The van der Waals surface area contributed by atoms with E-state index in [1.165, 1.54) is 16.5 Å². The number of H-pyrrole nitrogens is 1. The van der Waals surface area contributed by atoms with Gasteiger partial charge in [0.05, 0.1) is 12.6 Å². The maximum atomic E-state index is 13.3. The van der Waals surface area contributed by atoms with Gasteiger partial charge in [0, 0.05) is 28.8 Å². The zero-order chi connectivity index (χ0) is 23.5. The second-order valence-corrected chi connectivity index (χ2v) is 8.57. The highest BCUT2D eigenvalue weighted by molar-refractivity contribution is 5.93. The predicted molar refractivity (Wildman–Crippen MR) is 135 cm³/mol. The Hall–Kier alpha value is -4.06. The topological polar surface area (TPSA) is 77.2 Å². The van der Waals surface area contributed by atoms with Gasteiger partial charge in [0.25, 0.3) is 0 Å². The van der Waals surface area contributed by atoms with Crippen LogP contribution in [0, 0.1) is 0 Å². The van der Waals surface area contributed by atoms with Gasteiger partial charge in [0.2, 0.25) is 5.91 Å². The molecule has 1 unspecified atom stereocenters. The number of amides is 3. The van der Waals surface area contributed by atoms with Gasteiger partial charge in [-0.05, 0) is 47.7 Å². The van der Waals surface area contributed by atoms with Crippen LogP contribution in [0.15, 0.2) is 78.9 Å². The van der Waals surface area contributed by atoms with Crippen LogP contribution in [-0.2, 0) is 17.6 Å². The average molecular weight is 453 g/mol. The fourth-order valence-electron chi connectivity index (χ4n) is 4.75. The van der Waals surface area contributed by atoms with E-state index in [1.54, 1.807) is 0 Å². The largest absolute Gasteiger partial charge is 0.356 e. The second kappa shape index (κ2) is 9.43. The molecule has 0 saturated carbocycles. The number of anilines is 1. The van der Waals surface area contributed by atoms with Crippen molar-refractivity contribution >= 4 is 28.5 Å². The van der Waals surface area contributed by atoms with E-state index in [0.29, 0.717) is 12.2 Å². The lowest BCUT2D eigenvalue weighted by Gasteiger charge is -2.36. The standard InChI is InChI=1S/C28H28N4O2/c1-2-19-12-14-21(15-13-19)30-28(34)29-18-25(33)32-17-16-23-22-10-6-7-11-24(22)31-26(23)27(32)20-8-4-3-5-9-20/h3-15,27,31H,2,16-18H2,1H3,(H2,29,30,34). The molecule has 5 rings (SSSR count). The van der Waals surface area contributed by atoms with Crippen molar-refractivity contribution in [3.05, 3.63) is 101 Å². The van der Waals surface area contributed by atoms with E-state index in [1.807, 2.05) is 71.6 Å². The van der Waals surface area contributed by atoms with Gasteiger partial charge in [-0.2, -0.15) is 0 Å². The highest BCUT2D eigenvalue weighted by atomic mass is 16.2. The minimum absolute atomic E-state index is 0.0717. The molecular formula is C28H28N4O2. The summed E-state index contributed by atoms with van der Waals surface area (Å²) in [5.74, 6) is -0.116. The van der Waals surface area contributed by atoms with E-state index in [0.717, 1.165) is 29.6 Å². The van der Waals surface area contributed by atoms with Gasteiger partial charge in [-0.15, -0.1) is 0 Å². The average Bonchev–Trinajstić information content (AvgIpc) is 3.26. The number of aromatic nitrogens is 1. The number of aryl methyl sites for hydroxylation is 1. The molecule has 0 spiro atoms. The minimum Gasteiger partial charge on any atom is -0.356 e. The van der Waals surface area contributed by atoms with Gasteiger partial charge < -0.3 is 20.5 Å². The van der Waals surface area contributed by atoms with Crippen LogP contribution in [0.1, 0.15) is 35.3 Å². The monoisotopic (exact) mass is 452 g/mol. The third-order valence-corrected chi connectivity index (χ3v) is 6.49. The Morgan fingerprint density at radius 2 is 1.71 bits per heavy atom. The number of rotatable bonds is 5. The van der Waals surface area contributed by atoms with Crippen molar-refractivity contribution in [3.63, 3.8) is 0 Å². The zero-order valence-corrected chi connectivity index (χ0v) is 19.2. The summed E-state index contributed by atoms with van der Waals surface area (Å²) >= 11 is 0. The molecule has 3 N–H and O–H groups in total. The van der Waals surface area contributed by atoms with Gasteiger partial charge in [-0.1, -0.05) is 67.6 Å². The quantitative estimate of drug-likeness (QED) is 0.397. The van der Waals surface area contributed by atoms with Crippen LogP contribution < -0.4 is 10.6 Å².